The molecule has 110 valence electrons. The zero-order valence-electron chi connectivity index (χ0n) is 12.1. The molecule has 0 aromatic carbocycles. The lowest BCUT2D eigenvalue weighted by Gasteiger charge is -2.32. The van der Waals surface area contributed by atoms with Gasteiger partial charge in [0, 0.05) is 12.7 Å². The molecule has 3 rings (SSSR count). The van der Waals surface area contributed by atoms with E-state index in [2.05, 4.69) is 9.97 Å². The summed E-state index contributed by atoms with van der Waals surface area (Å²) in [6, 6.07) is 3.98. The third-order valence-electron chi connectivity index (χ3n) is 3.56. The number of carbonyl (C=O) groups excluding carboxylic acids is 1. The summed E-state index contributed by atoms with van der Waals surface area (Å²) in [5.41, 5.74) is 4.49. The van der Waals surface area contributed by atoms with Gasteiger partial charge in [-0.1, -0.05) is 6.07 Å². The third kappa shape index (κ3) is 2.96. The molecular weight excluding hydrogens is 286 g/mol. The predicted molar refractivity (Wildman–Crippen MR) is 80.4 cm³/mol. The number of aryl methyl sites for hydroxylation is 2. The molecule has 0 spiro atoms. The zero-order valence-corrected chi connectivity index (χ0v) is 12.9. The van der Waals surface area contributed by atoms with Gasteiger partial charge >= 0.3 is 0 Å². The second-order valence-electron chi connectivity index (χ2n) is 5.14. The standard InChI is InChI=1S/C15H17N3O2S/c1-10-3-4-12(16-7-10)13-8-18(5-6-20-13)15(19)14-11(2)17-9-21-14/h3-4,7,9,13H,5-6,8H2,1-2H3/t13-/m1/s1. The fourth-order valence-electron chi connectivity index (χ4n) is 2.33. The van der Waals surface area contributed by atoms with Crippen LogP contribution in [0, 0.1) is 13.8 Å². The largest absolute Gasteiger partial charge is 0.368 e. The van der Waals surface area contributed by atoms with Crippen molar-refractivity contribution in [1.82, 2.24) is 14.9 Å². The minimum atomic E-state index is -0.156. The summed E-state index contributed by atoms with van der Waals surface area (Å²) in [7, 11) is 0. The number of ether oxygens (including phenoxy) is 1. The molecule has 21 heavy (non-hydrogen) atoms. The first kappa shape index (κ1) is 14.2. The van der Waals surface area contributed by atoms with E-state index in [1.807, 2.05) is 37.1 Å². The van der Waals surface area contributed by atoms with Crippen molar-refractivity contribution in [2.24, 2.45) is 0 Å². The Morgan fingerprint density at radius 2 is 2.24 bits per heavy atom. The van der Waals surface area contributed by atoms with Crippen LogP contribution in [0.5, 0.6) is 0 Å². The quantitative estimate of drug-likeness (QED) is 0.854. The van der Waals surface area contributed by atoms with Crippen molar-refractivity contribution < 1.29 is 9.53 Å². The number of carbonyl (C=O) groups is 1. The van der Waals surface area contributed by atoms with Gasteiger partial charge in [-0.25, -0.2) is 4.98 Å². The summed E-state index contributed by atoms with van der Waals surface area (Å²) < 4.78 is 5.76. The summed E-state index contributed by atoms with van der Waals surface area (Å²) in [4.78, 5) is 23.6. The van der Waals surface area contributed by atoms with Gasteiger partial charge in [0.25, 0.3) is 5.91 Å². The number of hydrogen-bond donors (Lipinski definition) is 0. The van der Waals surface area contributed by atoms with E-state index in [9.17, 15) is 4.79 Å². The van der Waals surface area contributed by atoms with Crippen LogP contribution >= 0.6 is 11.3 Å². The monoisotopic (exact) mass is 303 g/mol. The van der Waals surface area contributed by atoms with Gasteiger partial charge in [0.15, 0.2) is 0 Å². The smallest absolute Gasteiger partial charge is 0.266 e. The van der Waals surface area contributed by atoms with Crippen molar-refractivity contribution in [1.29, 1.82) is 0 Å². The van der Waals surface area contributed by atoms with E-state index in [1.165, 1.54) is 11.3 Å². The Kier molecular flexibility index (Phi) is 3.98. The number of rotatable bonds is 2. The highest BCUT2D eigenvalue weighted by molar-refractivity contribution is 7.11. The van der Waals surface area contributed by atoms with E-state index < -0.39 is 0 Å². The molecule has 0 N–H and O–H groups in total. The first-order chi connectivity index (χ1) is 10.1. The van der Waals surface area contributed by atoms with Crippen LogP contribution in [-0.2, 0) is 4.74 Å². The van der Waals surface area contributed by atoms with Crippen LogP contribution < -0.4 is 0 Å². The molecule has 2 aromatic rings. The second kappa shape index (κ2) is 5.91. The van der Waals surface area contributed by atoms with E-state index in [4.69, 9.17) is 4.74 Å². The van der Waals surface area contributed by atoms with Gasteiger partial charge in [-0.3, -0.25) is 9.78 Å². The maximum absolute atomic E-state index is 12.5. The minimum absolute atomic E-state index is 0.0374. The number of thiazole rings is 1. The number of aromatic nitrogens is 2. The third-order valence-corrected chi connectivity index (χ3v) is 4.47. The van der Waals surface area contributed by atoms with Crippen molar-refractivity contribution >= 4 is 17.2 Å². The maximum atomic E-state index is 12.5. The number of hydrogen-bond acceptors (Lipinski definition) is 5. The van der Waals surface area contributed by atoms with Gasteiger partial charge in [-0.05, 0) is 25.5 Å². The molecule has 1 fully saturated rings. The van der Waals surface area contributed by atoms with Crippen LogP contribution in [0.4, 0.5) is 0 Å². The lowest BCUT2D eigenvalue weighted by molar-refractivity contribution is -0.0246. The Bertz CT molecular complexity index is 639. The van der Waals surface area contributed by atoms with Gasteiger partial charge in [-0.2, -0.15) is 0 Å². The summed E-state index contributed by atoms with van der Waals surface area (Å²) in [6.45, 7) is 5.54. The molecule has 0 aliphatic carbocycles. The SMILES string of the molecule is Cc1ccc([C@H]2CN(C(=O)c3scnc3C)CCO2)nc1. The van der Waals surface area contributed by atoms with Gasteiger partial charge < -0.3 is 9.64 Å². The maximum Gasteiger partial charge on any atom is 0.266 e. The number of morpholine rings is 1. The molecule has 0 saturated carbocycles. The summed E-state index contributed by atoms with van der Waals surface area (Å²) in [5.74, 6) is 0.0374. The molecule has 6 heteroatoms. The Labute approximate surface area is 127 Å². The fraction of sp³-hybridized carbons (Fsp3) is 0.400. The molecule has 1 amide bonds. The summed E-state index contributed by atoms with van der Waals surface area (Å²) >= 11 is 1.39. The van der Waals surface area contributed by atoms with E-state index in [-0.39, 0.29) is 12.0 Å². The summed E-state index contributed by atoms with van der Waals surface area (Å²) in [5, 5.41) is 0. The molecule has 0 unspecified atom stereocenters. The van der Waals surface area contributed by atoms with E-state index in [0.717, 1.165) is 17.0 Å². The van der Waals surface area contributed by atoms with Gasteiger partial charge in [-0.15, -0.1) is 11.3 Å². The Hall–Kier alpha value is -1.79. The lowest BCUT2D eigenvalue weighted by Crippen LogP contribution is -2.42. The van der Waals surface area contributed by atoms with E-state index in [1.54, 1.807) is 5.51 Å². The molecular formula is C15H17N3O2S. The van der Waals surface area contributed by atoms with E-state index in [0.29, 0.717) is 24.6 Å². The van der Waals surface area contributed by atoms with Crippen LogP contribution in [0.2, 0.25) is 0 Å². The number of pyridine rings is 1. The average molecular weight is 303 g/mol. The van der Waals surface area contributed by atoms with Crippen LogP contribution in [0.1, 0.15) is 32.7 Å². The van der Waals surface area contributed by atoms with Gasteiger partial charge in [0.2, 0.25) is 0 Å². The van der Waals surface area contributed by atoms with E-state index >= 15 is 0 Å². The van der Waals surface area contributed by atoms with Crippen molar-refractivity contribution in [3.63, 3.8) is 0 Å². The van der Waals surface area contributed by atoms with Crippen molar-refractivity contribution in [3.05, 3.63) is 45.7 Å². The molecule has 0 bridgehead atoms. The van der Waals surface area contributed by atoms with Crippen LogP contribution in [0.3, 0.4) is 0 Å². The van der Waals surface area contributed by atoms with Crippen molar-refractivity contribution in [2.75, 3.05) is 19.7 Å². The van der Waals surface area contributed by atoms with Crippen molar-refractivity contribution in [2.45, 2.75) is 20.0 Å². The Morgan fingerprint density at radius 3 is 2.90 bits per heavy atom. The van der Waals surface area contributed by atoms with Gasteiger partial charge in [0.1, 0.15) is 11.0 Å². The molecule has 5 nitrogen and oxygen atoms in total. The Morgan fingerprint density at radius 1 is 1.38 bits per heavy atom. The number of nitrogens with zero attached hydrogens (tertiary/aromatic N) is 3. The minimum Gasteiger partial charge on any atom is -0.368 e. The van der Waals surface area contributed by atoms with Crippen LogP contribution in [-0.4, -0.2) is 40.5 Å². The normalized spacial score (nSPS) is 18.8. The first-order valence-electron chi connectivity index (χ1n) is 6.88. The first-order valence-corrected chi connectivity index (χ1v) is 7.76. The zero-order chi connectivity index (χ0) is 14.8. The highest BCUT2D eigenvalue weighted by atomic mass is 32.1. The molecule has 3 heterocycles. The predicted octanol–water partition coefficient (Wildman–Crippen LogP) is 2.37. The highest BCUT2D eigenvalue weighted by Crippen LogP contribution is 2.23. The molecule has 2 aromatic heterocycles. The number of amides is 1. The molecule has 1 atom stereocenters. The Balaban J connectivity index is 1.75. The lowest BCUT2D eigenvalue weighted by atomic mass is 10.1. The fourth-order valence-corrected chi connectivity index (χ4v) is 3.10. The molecule has 1 aliphatic heterocycles. The van der Waals surface area contributed by atoms with Gasteiger partial charge in [0.05, 0.1) is 30.1 Å². The highest BCUT2D eigenvalue weighted by Gasteiger charge is 2.28. The van der Waals surface area contributed by atoms with Crippen LogP contribution in [0.15, 0.2) is 23.8 Å². The molecule has 1 aliphatic rings. The average Bonchev–Trinajstić information content (AvgIpc) is 2.93. The molecule has 0 radical (unpaired) electrons. The summed E-state index contributed by atoms with van der Waals surface area (Å²) in [6.07, 6.45) is 1.67. The van der Waals surface area contributed by atoms with Crippen LogP contribution in [0.25, 0.3) is 0 Å². The molecule has 1 saturated heterocycles. The van der Waals surface area contributed by atoms with Crippen molar-refractivity contribution in [3.8, 4) is 0 Å². The topological polar surface area (TPSA) is 55.3 Å². The second-order valence-corrected chi connectivity index (χ2v) is 5.99.